The molecule has 0 aromatic heterocycles. The Morgan fingerprint density at radius 2 is 1.58 bits per heavy atom. The Balaban J connectivity index is 1.50. The highest BCUT2D eigenvalue weighted by atomic mass is 16.5. The van der Waals surface area contributed by atoms with Crippen LogP contribution in [0.4, 0.5) is 27.5 Å². The van der Waals surface area contributed by atoms with Crippen molar-refractivity contribution in [2.45, 2.75) is 27.2 Å². The quantitative estimate of drug-likeness (QED) is 0.373. The van der Waals surface area contributed by atoms with Crippen molar-refractivity contribution in [2.75, 3.05) is 60.3 Å². The van der Waals surface area contributed by atoms with Gasteiger partial charge < -0.3 is 30.5 Å². The Morgan fingerprint density at radius 3 is 2.26 bits per heavy atom. The fraction of sp³-hybridized carbons (Fsp3) is 0.333. The first-order valence-corrected chi connectivity index (χ1v) is 13.1. The van der Waals surface area contributed by atoms with Crippen molar-refractivity contribution in [3.05, 3.63) is 77.4 Å². The van der Waals surface area contributed by atoms with E-state index < -0.39 is 0 Å². The topological polar surface area (TPSA) is 85.9 Å². The highest BCUT2D eigenvalue weighted by molar-refractivity contribution is 6.04. The summed E-state index contributed by atoms with van der Waals surface area (Å²) in [5.74, 6) is 0.711. The molecule has 3 N–H and O–H groups in total. The Hall–Kier alpha value is -4.20. The highest BCUT2D eigenvalue weighted by Gasteiger charge is 2.24. The van der Waals surface area contributed by atoms with Crippen LogP contribution >= 0.6 is 0 Å². The molecule has 0 bridgehead atoms. The summed E-state index contributed by atoms with van der Waals surface area (Å²) in [7, 11) is 1.69. The largest absolute Gasteiger partial charge is 0.495 e. The minimum atomic E-state index is -0.352. The summed E-state index contributed by atoms with van der Waals surface area (Å²) in [5, 5.41) is 8.77. The van der Waals surface area contributed by atoms with E-state index in [1.807, 2.05) is 69.3 Å². The van der Waals surface area contributed by atoms with Gasteiger partial charge in [0, 0.05) is 49.8 Å². The number of para-hydroxylation sites is 2. The van der Waals surface area contributed by atoms with E-state index >= 15 is 0 Å². The summed E-state index contributed by atoms with van der Waals surface area (Å²) in [6.45, 7) is 9.70. The van der Waals surface area contributed by atoms with Crippen LogP contribution in [0.5, 0.6) is 5.75 Å². The second-order valence-electron chi connectivity index (χ2n) is 9.53. The van der Waals surface area contributed by atoms with E-state index in [1.165, 1.54) is 0 Å². The molecule has 0 atom stereocenters. The van der Waals surface area contributed by atoms with Gasteiger partial charge in [-0.15, -0.1) is 0 Å². The van der Waals surface area contributed by atoms with Gasteiger partial charge in [0.05, 0.1) is 18.4 Å². The zero-order valence-electron chi connectivity index (χ0n) is 22.6. The molecule has 4 rings (SSSR count). The first kappa shape index (κ1) is 26.9. The number of aryl methyl sites for hydroxylation is 2. The number of nitrogens with zero attached hydrogens (tertiary/aromatic N) is 2. The van der Waals surface area contributed by atoms with Gasteiger partial charge in [-0.3, -0.25) is 4.79 Å². The van der Waals surface area contributed by atoms with Crippen molar-refractivity contribution in [3.63, 3.8) is 0 Å². The molecule has 0 radical (unpaired) electrons. The Labute approximate surface area is 225 Å². The van der Waals surface area contributed by atoms with Crippen molar-refractivity contribution < 1.29 is 14.3 Å². The van der Waals surface area contributed by atoms with Crippen LogP contribution in [0.2, 0.25) is 0 Å². The number of hydrogen-bond donors (Lipinski definition) is 3. The van der Waals surface area contributed by atoms with Gasteiger partial charge in [0.1, 0.15) is 5.75 Å². The lowest BCUT2D eigenvalue weighted by Gasteiger charge is -2.38. The molecule has 1 aliphatic rings. The summed E-state index contributed by atoms with van der Waals surface area (Å²) in [6.07, 6.45) is 0.842. The Kier molecular flexibility index (Phi) is 8.73. The molecular formula is C30H37N5O3. The molecule has 1 heterocycles. The molecule has 0 saturated carbocycles. The number of nitrogens with one attached hydrogen (secondary N) is 3. The maximum atomic E-state index is 13.1. The molecule has 0 unspecified atom stereocenters. The second kappa shape index (κ2) is 12.4. The van der Waals surface area contributed by atoms with Crippen molar-refractivity contribution in [1.82, 2.24) is 5.32 Å². The van der Waals surface area contributed by atoms with Gasteiger partial charge in [0.15, 0.2) is 0 Å². The number of carbonyl (C=O) groups excluding carboxylic acids is 2. The van der Waals surface area contributed by atoms with E-state index in [2.05, 4.69) is 31.8 Å². The number of piperazine rings is 1. The van der Waals surface area contributed by atoms with Gasteiger partial charge in [-0.25, -0.2) is 4.79 Å². The van der Waals surface area contributed by atoms with Crippen LogP contribution in [-0.4, -0.2) is 51.8 Å². The van der Waals surface area contributed by atoms with E-state index in [0.717, 1.165) is 66.5 Å². The van der Waals surface area contributed by atoms with Gasteiger partial charge in [-0.05, 0) is 62.2 Å². The predicted octanol–water partition coefficient (Wildman–Crippen LogP) is 5.42. The van der Waals surface area contributed by atoms with E-state index in [9.17, 15) is 9.59 Å². The molecule has 1 saturated heterocycles. The second-order valence-corrected chi connectivity index (χ2v) is 9.53. The summed E-state index contributed by atoms with van der Waals surface area (Å²) in [6, 6.07) is 19.1. The lowest BCUT2D eigenvalue weighted by atomic mass is 10.1. The number of amides is 3. The van der Waals surface area contributed by atoms with E-state index in [-0.39, 0.29) is 11.9 Å². The molecule has 8 nitrogen and oxygen atoms in total. The maximum Gasteiger partial charge on any atom is 0.323 e. The van der Waals surface area contributed by atoms with Crippen LogP contribution in [0, 0.1) is 13.8 Å². The normalized spacial score (nSPS) is 13.2. The van der Waals surface area contributed by atoms with Crippen LogP contribution < -0.4 is 30.5 Å². The standard InChI is InChI=1S/C30H37N5O3/c1-5-14-31-29(36)24-20-23(32-30(37)33-25-12-10-21(2)19-22(25)3)11-13-26(24)34-15-17-35(18-16-34)27-8-6-7-9-28(27)38-4/h6-13,19-20H,5,14-18H2,1-4H3,(H,31,36)(H2,32,33,37). The number of benzene rings is 3. The van der Waals surface area contributed by atoms with Crippen LogP contribution in [-0.2, 0) is 0 Å². The lowest BCUT2D eigenvalue weighted by molar-refractivity contribution is 0.0954. The third-order valence-corrected chi connectivity index (χ3v) is 6.71. The third kappa shape index (κ3) is 6.37. The van der Waals surface area contributed by atoms with Crippen LogP contribution in [0.25, 0.3) is 0 Å². The third-order valence-electron chi connectivity index (χ3n) is 6.71. The molecule has 8 heteroatoms. The molecule has 0 spiro atoms. The summed E-state index contributed by atoms with van der Waals surface area (Å²) in [5.41, 5.74) is 5.92. The van der Waals surface area contributed by atoms with E-state index in [4.69, 9.17) is 4.74 Å². The van der Waals surface area contributed by atoms with Gasteiger partial charge in [0.2, 0.25) is 0 Å². The molecular weight excluding hydrogens is 478 g/mol. The van der Waals surface area contributed by atoms with Gasteiger partial charge in [-0.2, -0.15) is 0 Å². The van der Waals surface area contributed by atoms with Crippen molar-refractivity contribution in [2.24, 2.45) is 0 Å². The van der Waals surface area contributed by atoms with Crippen LogP contribution in [0.15, 0.2) is 60.7 Å². The van der Waals surface area contributed by atoms with Crippen LogP contribution in [0.1, 0.15) is 34.8 Å². The zero-order valence-corrected chi connectivity index (χ0v) is 22.6. The molecule has 3 aromatic rings. The average Bonchev–Trinajstić information content (AvgIpc) is 2.93. The monoisotopic (exact) mass is 515 g/mol. The molecule has 3 aromatic carbocycles. The Bertz CT molecular complexity index is 1280. The van der Waals surface area contributed by atoms with Crippen molar-refractivity contribution in [3.8, 4) is 5.75 Å². The average molecular weight is 516 g/mol. The van der Waals surface area contributed by atoms with Gasteiger partial charge in [-0.1, -0.05) is 36.8 Å². The number of rotatable bonds is 8. The maximum absolute atomic E-state index is 13.1. The molecule has 38 heavy (non-hydrogen) atoms. The molecule has 3 amide bonds. The molecule has 1 fully saturated rings. The fourth-order valence-electron chi connectivity index (χ4n) is 4.72. The number of hydrogen-bond acceptors (Lipinski definition) is 5. The molecule has 0 aliphatic carbocycles. The zero-order chi connectivity index (χ0) is 27.1. The Morgan fingerprint density at radius 1 is 0.868 bits per heavy atom. The number of ether oxygens (including phenoxy) is 1. The summed E-state index contributed by atoms with van der Waals surface area (Å²) in [4.78, 5) is 30.4. The number of urea groups is 1. The smallest absolute Gasteiger partial charge is 0.323 e. The minimum Gasteiger partial charge on any atom is -0.495 e. The molecule has 200 valence electrons. The van der Waals surface area contributed by atoms with Crippen molar-refractivity contribution >= 4 is 34.7 Å². The predicted molar refractivity (Wildman–Crippen MR) is 155 cm³/mol. The SMILES string of the molecule is CCCNC(=O)c1cc(NC(=O)Nc2ccc(C)cc2C)ccc1N1CCN(c2ccccc2OC)CC1. The first-order chi connectivity index (χ1) is 18.4. The number of anilines is 4. The minimum absolute atomic E-state index is 0.146. The summed E-state index contributed by atoms with van der Waals surface area (Å²) >= 11 is 0. The summed E-state index contributed by atoms with van der Waals surface area (Å²) < 4.78 is 5.54. The van der Waals surface area contributed by atoms with Gasteiger partial charge in [0.25, 0.3) is 5.91 Å². The number of carbonyl (C=O) groups is 2. The van der Waals surface area contributed by atoms with Gasteiger partial charge >= 0.3 is 6.03 Å². The molecule has 1 aliphatic heterocycles. The fourth-order valence-corrected chi connectivity index (χ4v) is 4.72. The highest BCUT2D eigenvalue weighted by Crippen LogP contribution is 2.31. The first-order valence-electron chi connectivity index (χ1n) is 13.1. The lowest BCUT2D eigenvalue weighted by Crippen LogP contribution is -2.47. The van der Waals surface area contributed by atoms with Crippen LogP contribution in [0.3, 0.4) is 0 Å². The van der Waals surface area contributed by atoms with E-state index in [1.54, 1.807) is 13.2 Å². The van der Waals surface area contributed by atoms with E-state index in [0.29, 0.717) is 17.8 Å². The number of methoxy groups -OCH3 is 1. The van der Waals surface area contributed by atoms with Crippen molar-refractivity contribution in [1.29, 1.82) is 0 Å².